The molecule has 0 aromatic heterocycles. The van der Waals surface area contributed by atoms with Crippen LogP contribution >= 0.6 is 15.9 Å². The molecule has 0 spiro atoms. The molecule has 1 aliphatic heterocycles. The Morgan fingerprint density at radius 2 is 1.86 bits per heavy atom. The molecular weight excluding hydrogens is 442 g/mol. The van der Waals surface area contributed by atoms with Crippen LogP contribution in [-0.4, -0.2) is 31.7 Å². The number of nitriles is 1. The monoisotopic (exact) mass is 461 g/mol. The van der Waals surface area contributed by atoms with E-state index in [1.807, 2.05) is 0 Å². The van der Waals surface area contributed by atoms with Crippen LogP contribution in [0.15, 0.2) is 57.9 Å². The number of carbonyl (C=O) groups is 1. The first-order valence-electron chi connectivity index (χ1n) is 8.92. The van der Waals surface area contributed by atoms with E-state index in [0.717, 1.165) is 10.0 Å². The minimum Gasteiger partial charge on any atom is -0.326 e. The first kappa shape index (κ1) is 20.5. The Kier molecular flexibility index (Phi) is 6.50. The molecule has 1 saturated heterocycles. The molecule has 0 unspecified atom stereocenters. The zero-order chi connectivity index (χ0) is 20.1. The quantitative estimate of drug-likeness (QED) is 0.736. The third-order valence-electron chi connectivity index (χ3n) is 4.71. The van der Waals surface area contributed by atoms with Crippen LogP contribution in [0.25, 0.3) is 0 Å². The molecule has 28 heavy (non-hydrogen) atoms. The van der Waals surface area contributed by atoms with Gasteiger partial charge in [-0.15, -0.1) is 0 Å². The molecule has 8 heteroatoms. The van der Waals surface area contributed by atoms with E-state index in [1.54, 1.807) is 48.5 Å². The highest BCUT2D eigenvalue weighted by molar-refractivity contribution is 9.10. The highest BCUT2D eigenvalue weighted by Crippen LogP contribution is 2.25. The number of sulfonamides is 1. The first-order chi connectivity index (χ1) is 13.4. The number of hydrogen-bond donors (Lipinski definition) is 1. The lowest BCUT2D eigenvalue weighted by Crippen LogP contribution is -2.43. The van der Waals surface area contributed by atoms with Gasteiger partial charge in [-0.3, -0.25) is 4.79 Å². The maximum Gasteiger partial charge on any atom is 0.243 e. The summed E-state index contributed by atoms with van der Waals surface area (Å²) in [5, 5.41) is 11.6. The Bertz CT molecular complexity index is 983. The number of nitrogens with one attached hydrogen (secondary N) is 1. The van der Waals surface area contributed by atoms with Gasteiger partial charge in [0.2, 0.25) is 15.9 Å². The Balaban J connectivity index is 1.67. The van der Waals surface area contributed by atoms with Crippen molar-refractivity contribution >= 4 is 37.5 Å². The average Bonchev–Trinajstić information content (AvgIpc) is 2.70. The van der Waals surface area contributed by atoms with E-state index >= 15 is 0 Å². The molecule has 1 heterocycles. The van der Waals surface area contributed by atoms with Crippen molar-refractivity contribution < 1.29 is 13.2 Å². The molecule has 0 saturated carbocycles. The third-order valence-corrected chi connectivity index (χ3v) is 7.12. The maximum absolute atomic E-state index is 12.9. The van der Waals surface area contributed by atoms with Crippen LogP contribution in [0.1, 0.15) is 18.4 Å². The van der Waals surface area contributed by atoms with Gasteiger partial charge in [0.05, 0.1) is 23.3 Å². The Hall–Kier alpha value is -2.21. The summed E-state index contributed by atoms with van der Waals surface area (Å²) in [5.41, 5.74) is 1.52. The van der Waals surface area contributed by atoms with Crippen molar-refractivity contribution in [2.45, 2.75) is 24.2 Å². The van der Waals surface area contributed by atoms with Crippen molar-refractivity contribution in [1.82, 2.24) is 4.31 Å². The molecule has 1 atom stereocenters. The average molecular weight is 462 g/mol. The van der Waals surface area contributed by atoms with Gasteiger partial charge in [0, 0.05) is 23.2 Å². The van der Waals surface area contributed by atoms with E-state index in [4.69, 9.17) is 5.26 Å². The lowest BCUT2D eigenvalue weighted by molar-refractivity contribution is -0.120. The molecule has 3 rings (SSSR count). The van der Waals surface area contributed by atoms with Gasteiger partial charge in [-0.05, 0) is 54.8 Å². The van der Waals surface area contributed by atoms with Crippen LogP contribution in [0.4, 0.5) is 5.69 Å². The molecule has 1 fully saturated rings. The highest BCUT2D eigenvalue weighted by atomic mass is 79.9. The Labute approximate surface area is 173 Å². The van der Waals surface area contributed by atoms with E-state index in [1.165, 1.54) is 4.31 Å². The topological polar surface area (TPSA) is 90.3 Å². The molecule has 0 radical (unpaired) electrons. The Morgan fingerprint density at radius 1 is 1.18 bits per heavy atom. The van der Waals surface area contributed by atoms with Gasteiger partial charge in [-0.2, -0.15) is 9.57 Å². The summed E-state index contributed by atoms with van der Waals surface area (Å²) in [6.45, 7) is 0.571. The summed E-state index contributed by atoms with van der Waals surface area (Å²) < 4.78 is 28.0. The number of hydrogen-bond acceptors (Lipinski definition) is 4. The van der Waals surface area contributed by atoms with Crippen LogP contribution < -0.4 is 5.32 Å². The molecule has 1 amide bonds. The van der Waals surface area contributed by atoms with Crippen molar-refractivity contribution in [1.29, 1.82) is 5.26 Å². The zero-order valence-corrected chi connectivity index (χ0v) is 17.5. The van der Waals surface area contributed by atoms with Crippen molar-refractivity contribution in [2.24, 2.45) is 5.92 Å². The smallest absolute Gasteiger partial charge is 0.243 e. The number of halogens is 1. The van der Waals surface area contributed by atoms with Gasteiger partial charge in [-0.1, -0.05) is 28.1 Å². The highest BCUT2D eigenvalue weighted by Gasteiger charge is 2.33. The van der Waals surface area contributed by atoms with Gasteiger partial charge in [0.25, 0.3) is 0 Å². The van der Waals surface area contributed by atoms with E-state index in [2.05, 4.69) is 27.3 Å². The van der Waals surface area contributed by atoms with Crippen molar-refractivity contribution in [3.8, 4) is 6.07 Å². The SMILES string of the molecule is N#CCc1ccc(NC(=O)[C@H]2CCCN(S(=O)(=O)c3ccc(Br)cc3)C2)cc1. The minimum absolute atomic E-state index is 0.163. The van der Waals surface area contributed by atoms with E-state index in [-0.39, 0.29) is 17.3 Å². The second-order valence-corrected chi connectivity index (χ2v) is 9.53. The zero-order valence-electron chi connectivity index (χ0n) is 15.1. The minimum atomic E-state index is -3.63. The molecule has 1 N–H and O–H groups in total. The molecule has 0 aliphatic carbocycles. The maximum atomic E-state index is 12.9. The van der Waals surface area contributed by atoms with Crippen molar-refractivity contribution in [3.05, 3.63) is 58.6 Å². The van der Waals surface area contributed by atoms with Gasteiger partial charge in [0.15, 0.2) is 0 Å². The lowest BCUT2D eigenvalue weighted by atomic mass is 9.98. The van der Waals surface area contributed by atoms with Crippen LogP contribution in [0.3, 0.4) is 0 Å². The number of piperidine rings is 1. The summed E-state index contributed by atoms with van der Waals surface area (Å²) in [6.07, 6.45) is 1.60. The largest absolute Gasteiger partial charge is 0.326 e. The molecule has 0 bridgehead atoms. The number of anilines is 1. The number of rotatable bonds is 5. The van der Waals surface area contributed by atoms with Crippen LogP contribution in [0.2, 0.25) is 0 Å². The molecule has 2 aromatic rings. The number of carbonyl (C=O) groups excluding carboxylic acids is 1. The number of benzene rings is 2. The van der Waals surface area contributed by atoms with E-state index in [0.29, 0.717) is 31.5 Å². The fourth-order valence-corrected chi connectivity index (χ4v) is 4.96. The molecule has 2 aromatic carbocycles. The normalized spacial score (nSPS) is 17.6. The summed E-state index contributed by atoms with van der Waals surface area (Å²) in [6, 6.07) is 15.7. The third kappa shape index (κ3) is 4.79. The summed E-state index contributed by atoms with van der Waals surface area (Å²) in [5.74, 6) is -0.596. The number of nitrogens with zero attached hydrogens (tertiary/aromatic N) is 2. The van der Waals surface area contributed by atoms with E-state index < -0.39 is 15.9 Å². The van der Waals surface area contributed by atoms with Crippen molar-refractivity contribution in [2.75, 3.05) is 18.4 Å². The molecule has 146 valence electrons. The van der Waals surface area contributed by atoms with Gasteiger partial charge in [-0.25, -0.2) is 8.42 Å². The Morgan fingerprint density at radius 3 is 2.50 bits per heavy atom. The van der Waals surface area contributed by atoms with Crippen LogP contribution in [-0.2, 0) is 21.2 Å². The van der Waals surface area contributed by atoms with Gasteiger partial charge in [0.1, 0.15) is 0 Å². The summed E-state index contributed by atoms with van der Waals surface area (Å²) in [7, 11) is -3.63. The first-order valence-corrected chi connectivity index (χ1v) is 11.2. The van der Waals surface area contributed by atoms with Gasteiger partial charge >= 0.3 is 0 Å². The second kappa shape index (κ2) is 8.86. The van der Waals surface area contributed by atoms with Crippen LogP contribution in [0, 0.1) is 17.2 Å². The van der Waals surface area contributed by atoms with Crippen LogP contribution in [0.5, 0.6) is 0 Å². The fraction of sp³-hybridized carbons (Fsp3) is 0.300. The fourth-order valence-electron chi connectivity index (χ4n) is 3.17. The number of amides is 1. The van der Waals surface area contributed by atoms with Gasteiger partial charge < -0.3 is 5.32 Å². The predicted molar refractivity (Wildman–Crippen MR) is 110 cm³/mol. The second-order valence-electron chi connectivity index (χ2n) is 6.68. The summed E-state index contributed by atoms with van der Waals surface area (Å²) >= 11 is 3.30. The lowest BCUT2D eigenvalue weighted by Gasteiger charge is -2.31. The molecule has 1 aliphatic rings. The molecular formula is C20H20BrN3O3S. The van der Waals surface area contributed by atoms with Crippen molar-refractivity contribution in [3.63, 3.8) is 0 Å². The standard InChI is InChI=1S/C20H20BrN3O3S/c21-17-5-9-19(10-6-17)28(26,27)24-13-1-2-16(14-24)20(25)23-18-7-3-15(4-8-18)11-12-22/h3-10,16H,1-2,11,13-14H2,(H,23,25)/t16-/m0/s1. The summed E-state index contributed by atoms with van der Waals surface area (Å²) in [4.78, 5) is 12.9. The predicted octanol–water partition coefficient (Wildman–Crippen LogP) is 3.55. The van der Waals surface area contributed by atoms with E-state index in [9.17, 15) is 13.2 Å². The molecule has 6 nitrogen and oxygen atoms in total.